The summed E-state index contributed by atoms with van der Waals surface area (Å²) in [7, 11) is 0. The Morgan fingerprint density at radius 2 is 1.61 bits per heavy atom. The van der Waals surface area contributed by atoms with Gasteiger partial charge in [0.05, 0.1) is 17.4 Å². The molecule has 3 aromatic rings. The fourth-order valence-electron chi connectivity index (χ4n) is 5.54. The van der Waals surface area contributed by atoms with Crippen LogP contribution in [0.25, 0.3) is 0 Å². The van der Waals surface area contributed by atoms with Gasteiger partial charge in [0.1, 0.15) is 0 Å². The zero-order valence-electron chi connectivity index (χ0n) is 21.2. The van der Waals surface area contributed by atoms with Crippen LogP contribution in [-0.4, -0.2) is 11.7 Å². The number of ketones is 1. The zero-order valence-corrected chi connectivity index (χ0v) is 21.2. The molecule has 0 saturated heterocycles. The maximum Gasteiger partial charge on any atom is 0.227 e. The molecule has 2 aliphatic rings. The number of aryl methyl sites for hydroxylation is 1. The first-order chi connectivity index (χ1) is 17.6. The number of anilines is 2. The third-order valence-corrected chi connectivity index (χ3v) is 7.42. The van der Waals surface area contributed by atoms with Crippen molar-refractivity contribution < 1.29 is 9.59 Å². The molecule has 5 rings (SSSR count). The summed E-state index contributed by atoms with van der Waals surface area (Å²) in [6, 6.07) is 26.1. The van der Waals surface area contributed by atoms with Gasteiger partial charge in [-0.1, -0.05) is 92.1 Å². The normalized spacial score (nSPS) is 19.3. The van der Waals surface area contributed by atoms with Gasteiger partial charge < -0.3 is 5.32 Å². The van der Waals surface area contributed by atoms with Crippen molar-refractivity contribution in [2.75, 3.05) is 10.2 Å². The van der Waals surface area contributed by atoms with E-state index < -0.39 is 6.04 Å². The van der Waals surface area contributed by atoms with E-state index in [2.05, 4.69) is 43.4 Å². The molecule has 0 bridgehead atoms. The van der Waals surface area contributed by atoms with E-state index in [1.807, 2.05) is 59.5 Å². The number of nitrogens with zero attached hydrogens (tertiary/aromatic N) is 1. The molecule has 0 aromatic heterocycles. The van der Waals surface area contributed by atoms with E-state index in [4.69, 9.17) is 0 Å². The lowest BCUT2D eigenvalue weighted by Crippen LogP contribution is -2.38. The van der Waals surface area contributed by atoms with E-state index >= 15 is 0 Å². The van der Waals surface area contributed by atoms with E-state index in [9.17, 15) is 9.59 Å². The molecule has 1 aliphatic carbocycles. The van der Waals surface area contributed by atoms with Crippen LogP contribution in [0.4, 0.5) is 11.4 Å². The maximum absolute atomic E-state index is 14.0. The SMILES string of the molecule is CCCCCC(=O)N1c2ccccc2NC2=C(C(=O)C[C@@H](c3ccc(C)cc3)C2)[C@H]1c1ccccc1. The third-order valence-electron chi connectivity index (χ3n) is 7.42. The van der Waals surface area contributed by atoms with Crippen LogP contribution in [0.3, 0.4) is 0 Å². The number of carbonyl (C=O) groups is 2. The van der Waals surface area contributed by atoms with Crippen LogP contribution in [0.5, 0.6) is 0 Å². The first kappa shape index (κ1) is 24.1. The summed E-state index contributed by atoms with van der Waals surface area (Å²) in [6.07, 6.45) is 4.57. The lowest BCUT2D eigenvalue weighted by atomic mass is 9.78. The number of fused-ring (bicyclic) bond motifs is 1. The summed E-state index contributed by atoms with van der Waals surface area (Å²) in [5, 5.41) is 3.62. The molecule has 1 amide bonds. The monoisotopic (exact) mass is 478 g/mol. The second-order valence-corrected chi connectivity index (χ2v) is 10.0. The lowest BCUT2D eigenvalue weighted by molar-refractivity contribution is -0.119. The third kappa shape index (κ3) is 4.73. The van der Waals surface area contributed by atoms with E-state index in [0.717, 1.165) is 53.9 Å². The minimum Gasteiger partial charge on any atom is -0.357 e. The van der Waals surface area contributed by atoms with Crippen molar-refractivity contribution in [3.63, 3.8) is 0 Å². The topological polar surface area (TPSA) is 49.4 Å². The Bertz CT molecular complexity index is 1280. The zero-order chi connectivity index (χ0) is 25.1. The van der Waals surface area contributed by atoms with Gasteiger partial charge in [-0.05, 0) is 48.9 Å². The van der Waals surface area contributed by atoms with Gasteiger partial charge in [-0.3, -0.25) is 14.5 Å². The molecule has 36 heavy (non-hydrogen) atoms. The van der Waals surface area contributed by atoms with Crippen LogP contribution in [0, 0.1) is 6.92 Å². The molecule has 4 nitrogen and oxygen atoms in total. The van der Waals surface area contributed by atoms with Crippen LogP contribution in [0.15, 0.2) is 90.1 Å². The molecule has 1 aliphatic heterocycles. The molecule has 0 unspecified atom stereocenters. The highest BCUT2D eigenvalue weighted by Crippen LogP contribution is 2.47. The summed E-state index contributed by atoms with van der Waals surface area (Å²) in [5.41, 5.74) is 6.74. The molecule has 1 heterocycles. The maximum atomic E-state index is 14.0. The van der Waals surface area contributed by atoms with Crippen molar-refractivity contribution in [3.8, 4) is 0 Å². The van der Waals surface area contributed by atoms with Crippen molar-refractivity contribution in [1.82, 2.24) is 0 Å². The lowest BCUT2D eigenvalue weighted by Gasteiger charge is -2.35. The first-order valence-corrected chi connectivity index (χ1v) is 13.1. The highest BCUT2D eigenvalue weighted by molar-refractivity contribution is 6.06. The van der Waals surface area contributed by atoms with Crippen molar-refractivity contribution in [1.29, 1.82) is 0 Å². The highest BCUT2D eigenvalue weighted by Gasteiger charge is 2.41. The molecular formula is C32H34N2O2. The predicted octanol–water partition coefficient (Wildman–Crippen LogP) is 7.48. The van der Waals surface area contributed by atoms with Crippen molar-refractivity contribution in [2.24, 2.45) is 0 Å². The van der Waals surface area contributed by atoms with Gasteiger partial charge in [-0.2, -0.15) is 0 Å². The highest BCUT2D eigenvalue weighted by atomic mass is 16.2. The molecule has 0 saturated carbocycles. The second kappa shape index (κ2) is 10.5. The number of Topliss-reactive ketones (excluding diaryl/α,β-unsaturated/α-hetero) is 1. The summed E-state index contributed by atoms with van der Waals surface area (Å²) < 4.78 is 0. The predicted molar refractivity (Wildman–Crippen MR) is 146 cm³/mol. The summed E-state index contributed by atoms with van der Waals surface area (Å²) in [5.74, 6) is 0.288. The standard InChI is InChI=1S/C32H34N2O2/c1-3-4-6-15-30(36)34-28-14-10-9-13-26(28)33-27-20-25(23-18-16-22(2)17-19-23)21-29(35)31(27)32(34)24-11-7-5-8-12-24/h5,7-14,16-19,25,32-33H,3-4,6,15,20-21H2,1-2H3/t25-,32+/m0/s1. The second-order valence-electron chi connectivity index (χ2n) is 10.0. The average Bonchev–Trinajstić information content (AvgIpc) is 3.04. The Morgan fingerprint density at radius 1 is 0.889 bits per heavy atom. The van der Waals surface area contributed by atoms with Crippen LogP contribution < -0.4 is 10.2 Å². The number of carbonyl (C=O) groups excluding carboxylic acids is 2. The number of unbranched alkanes of at least 4 members (excludes halogenated alkanes) is 2. The Hall–Kier alpha value is -3.66. The number of allylic oxidation sites excluding steroid dienone is 1. The summed E-state index contributed by atoms with van der Waals surface area (Å²) in [4.78, 5) is 29.7. The Labute approximate surface area is 214 Å². The number of para-hydroxylation sites is 2. The number of hydrogen-bond donors (Lipinski definition) is 1. The Balaban J connectivity index is 1.64. The fraction of sp³-hybridized carbons (Fsp3) is 0.312. The molecule has 4 heteroatoms. The van der Waals surface area contributed by atoms with Crippen LogP contribution in [0.1, 0.15) is 74.1 Å². The number of amides is 1. The van der Waals surface area contributed by atoms with Crippen molar-refractivity contribution in [3.05, 3.63) is 107 Å². The van der Waals surface area contributed by atoms with Gasteiger partial charge in [-0.25, -0.2) is 0 Å². The van der Waals surface area contributed by atoms with Gasteiger partial charge >= 0.3 is 0 Å². The van der Waals surface area contributed by atoms with Crippen LogP contribution in [0.2, 0.25) is 0 Å². The largest absolute Gasteiger partial charge is 0.357 e. The molecule has 0 fully saturated rings. The number of benzene rings is 3. The fourth-order valence-corrected chi connectivity index (χ4v) is 5.54. The van der Waals surface area contributed by atoms with Gasteiger partial charge in [-0.15, -0.1) is 0 Å². The number of hydrogen-bond acceptors (Lipinski definition) is 3. The minimum absolute atomic E-state index is 0.0637. The van der Waals surface area contributed by atoms with Gasteiger partial charge in [0.2, 0.25) is 5.91 Å². The minimum atomic E-state index is -0.446. The van der Waals surface area contributed by atoms with Gasteiger partial charge in [0, 0.05) is 24.1 Å². The number of rotatable bonds is 6. The first-order valence-electron chi connectivity index (χ1n) is 13.1. The van der Waals surface area contributed by atoms with Crippen LogP contribution in [-0.2, 0) is 9.59 Å². The average molecular weight is 479 g/mol. The number of nitrogens with one attached hydrogen (secondary N) is 1. The van der Waals surface area contributed by atoms with E-state index in [0.29, 0.717) is 12.8 Å². The Kier molecular flexibility index (Phi) is 7.04. The quantitative estimate of drug-likeness (QED) is 0.374. The molecule has 3 aromatic carbocycles. The summed E-state index contributed by atoms with van der Waals surface area (Å²) >= 11 is 0. The van der Waals surface area contributed by atoms with E-state index in [-0.39, 0.29) is 17.6 Å². The van der Waals surface area contributed by atoms with Crippen LogP contribution >= 0.6 is 0 Å². The molecular weight excluding hydrogens is 444 g/mol. The molecule has 0 radical (unpaired) electrons. The van der Waals surface area contributed by atoms with E-state index in [1.54, 1.807) is 0 Å². The van der Waals surface area contributed by atoms with Gasteiger partial charge in [0.25, 0.3) is 0 Å². The molecule has 1 N–H and O–H groups in total. The molecule has 2 atom stereocenters. The smallest absolute Gasteiger partial charge is 0.227 e. The molecule has 0 spiro atoms. The van der Waals surface area contributed by atoms with Crippen molar-refractivity contribution >= 4 is 23.1 Å². The van der Waals surface area contributed by atoms with Crippen molar-refractivity contribution in [2.45, 2.75) is 64.3 Å². The van der Waals surface area contributed by atoms with E-state index in [1.165, 1.54) is 11.1 Å². The molecule has 184 valence electrons. The van der Waals surface area contributed by atoms with Gasteiger partial charge in [0.15, 0.2) is 5.78 Å². The Morgan fingerprint density at radius 3 is 2.36 bits per heavy atom. The summed E-state index contributed by atoms with van der Waals surface area (Å²) in [6.45, 7) is 4.22.